The molecule has 1 aliphatic rings. The second kappa shape index (κ2) is 1.83. The Labute approximate surface area is 59.0 Å². The molecule has 1 atom stereocenters. The van der Waals surface area contributed by atoms with Crippen molar-refractivity contribution >= 4 is 0 Å². The maximum absolute atomic E-state index is 5.30. The van der Waals surface area contributed by atoms with Crippen LogP contribution in [0.3, 0.4) is 0 Å². The zero-order valence-corrected chi connectivity index (χ0v) is 6.05. The van der Waals surface area contributed by atoms with Crippen molar-refractivity contribution in [2.75, 3.05) is 6.61 Å². The fourth-order valence-corrected chi connectivity index (χ4v) is 0.826. The van der Waals surface area contributed by atoms with E-state index in [0.717, 1.165) is 24.0 Å². The molecule has 2 heterocycles. The summed E-state index contributed by atoms with van der Waals surface area (Å²) >= 11 is 0. The van der Waals surface area contributed by atoms with Gasteiger partial charge in [0.2, 0.25) is 5.89 Å². The third-order valence-electron chi connectivity index (χ3n) is 1.65. The lowest BCUT2D eigenvalue weighted by Crippen LogP contribution is -1.78. The molecular formula is C7H9NO2. The summed E-state index contributed by atoms with van der Waals surface area (Å²) in [4.78, 5) is 4.18. The summed E-state index contributed by atoms with van der Waals surface area (Å²) < 4.78 is 10.3. The van der Waals surface area contributed by atoms with Crippen LogP contribution in [0.25, 0.3) is 0 Å². The molecule has 3 heteroatoms. The van der Waals surface area contributed by atoms with E-state index in [2.05, 4.69) is 4.98 Å². The van der Waals surface area contributed by atoms with Crippen molar-refractivity contribution < 1.29 is 9.15 Å². The van der Waals surface area contributed by atoms with Gasteiger partial charge in [-0.3, -0.25) is 0 Å². The van der Waals surface area contributed by atoms with E-state index in [0.29, 0.717) is 0 Å². The minimum atomic E-state index is 0.146. The van der Waals surface area contributed by atoms with Crippen molar-refractivity contribution in [3.05, 3.63) is 17.3 Å². The fraction of sp³-hybridized carbons (Fsp3) is 0.571. The highest BCUT2D eigenvalue weighted by atomic mass is 16.6. The van der Waals surface area contributed by atoms with E-state index in [1.54, 1.807) is 0 Å². The molecule has 54 valence electrons. The second-order valence-electron chi connectivity index (χ2n) is 2.52. The van der Waals surface area contributed by atoms with Gasteiger partial charge < -0.3 is 9.15 Å². The number of rotatable bonds is 1. The molecule has 0 unspecified atom stereocenters. The summed E-state index contributed by atoms with van der Waals surface area (Å²) in [6.07, 6.45) is 0.146. The van der Waals surface area contributed by atoms with Crippen molar-refractivity contribution in [1.82, 2.24) is 4.98 Å². The van der Waals surface area contributed by atoms with Gasteiger partial charge in [-0.2, -0.15) is 0 Å². The molecule has 0 saturated carbocycles. The monoisotopic (exact) mass is 139 g/mol. The molecule has 0 spiro atoms. The first kappa shape index (κ1) is 5.92. The van der Waals surface area contributed by atoms with Gasteiger partial charge in [0.1, 0.15) is 5.76 Å². The predicted octanol–water partition coefficient (Wildman–Crippen LogP) is 1.36. The van der Waals surface area contributed by atoms with Crippen molar-refractivity contribution in [2.45, 2.75) is 20.0 Å². The molecule has 3 nitrogen and oxygen atoms in total. The number of aryl methyl sites for hydroxylation is 2. The zero-order chi connectivity index (χ0) is 7.14. The van der Waals surface area contributed by atoms with Crippen LogP contribution in [0.1, 0.15) is 23.4 Å². The Morgan fingerprint density at radius 2 is 2.20 bits per heavy atom. The topological polar surface area (TPSA) is 38.6 Å². The van der Waals surface area contributed by atoms with Crippen LogP contribution in [-0.4, -0.2) is 11.6 Å². The summed E-state index contributed by atoms with van der Waals surface area (Å²) in [6, 6.07) is 0. The van der Waals surface area contributed by atoms with Gasteiger partial charge in [-0.1, -0.05) is 0 Å². The summed E-state index contributed by atoms with van der Waals surface area (Å²) in [5.41, 5.74) is 0.963. The highest BCUT2D eigenvalue weighted by Gasteiger charge is 2.30. The maximum atomic E-state index is 5.30. The van der Waals surface area contributed by atoms with Crippen LogP contribution < -0.4 is 0 Å². The molecule has 2 rings (SSSR count). The van der Waals surface area contributed by atoms with E-state index in [-0.39, 0.29) is 6.10 Å². The van der Waals surface area contributed by atoms with Crippen LogP contribution in [-0.2, 0) is 4.74 Å². The Hall–Kier alpha value is -0.830. The lowest BCUT2D eigenvalue weighted by molar-refractivity contribution is 0.356. The van der Waals surface area contributed by atoms with Crippen LogP contribution in [0.5, 0.6) is 0 Å². The number of aromatic nitrogens is 1. The molecule has 1 saturated heterocycles. The van der Waals surface area contributed by atoms with Crippen molar-refractivity contribution in [2.24, 2.45) is 0 Å². The maximum Gasteiger partial charge on any atom is 0.226 e. The second-order valence-corrected chi connectivity index (χ2v) is 2.52. The molecule has 0 aromatic carbocycles. The largest absolute Gasteiger partial charge is 0.443 e. The SMILES string of the molecule is Cc1nc([C@H]2CO2)oc1C. The molecule has 0 N–H and O–H groups in total. The standard InChI is InChI=1S/C7H9NO2/c1-4-5(2)10-7(8-4)6-3-9-6/h6H,3H2,1-2H3/t6-/m1/s1. The Morgan fingerprint density at radius 3 is 2.60 bits per heavy atom. The zero-order valence-electron chi connectivity index (χ0n) is 6.05. The molecule has 0 aliphatic carbocycles. The molecule has 1 aliphatic heterocycles. The first-order chi connectivity index (χ1) is 4.77. The Morgan fingerprint density at radius 1 is 1.50 bits per heavy atom. The molecule has 0 amide bonds. The molecule has 0 bridgehead atoms. The molecule has 1 aromatic rings. The fourth-order valence-electron chi connectivity index (χ4n) is 0.826. The summed E-state index contributed by atoms with van der Waals surface area (Å²) in [7, 11) is 0. The van der Waals surface area contributed by atoms with Crippen LogP contribution in [0.4, 0.5) is 0 Å². The van der Waals surface area contributed by atoms with Crippen molar-refractivity contribution in [3.63, 3.8) is 0 Å². The van der Waals surface area contributed by atoms with Gasteiger partial charge in [0, 0.05) is 0 Å². The molecule has 1 fully saturated rings. The van der Waals surface area contributed by atoms with Gasteiger partial charge in [-0.25, -0.2) is 4.98 Å². The minimum absolute atomic E-state index is 0.146. The van der Waals surface area contributed by atoms with Gasteiger partial charge in [-0.15, -0.1) is 0 Å². The molecular weight excluding hydrogens is 130 g/mol. The molecule has 1 aromatic heterocycles. The lowest BCUT2D eigenvalue weighted by Gasteiger charge is -1.80. The number of oxazole rings is 1. The number of ether oxygens (including phenoxy) is 1. The van der Waals surface area contributed by atoms with Gasteiger partial charge in [0.25, 0.3) is 0 Å². The Balaban J connectivity index is 2.34. The van der Waals surface area contributed by atoms with E-state index >= 15 is 0 Å². The van der Waals surface area contributed by atoms with E-state index in [1.165, 1.54) is 0 Å². The third-order valence-corrected chi connectivity index (χ3v) is 1.65. The third kappa shape index (κ3) is 0.827. The average molecular weight is 139 g/mol. The van der Waals surface area contributed by atoms with Crippen LogP contribution in [0.2, 0.25) is 0 Å². The van der Waals surface area contributed by atoms with E-state index in [1.807, 2.05) is 13.8 Å². The van der Waals surface area contributed by atoms with Gasteiger partial charge in [0.15, 0.2) is 6.10 Å². The number of hydrogen-bond acceptors (Lipinski definition) is 3. The van der Waals surface area contributed by atoms with Crippen molar-refractivity contribution in [3.8, 4) is 0 Å². The summed E-state index contributed by atoms with van der Waals surface area (Å²) in [5.74, 6) is 1.63. The number of epoxide rings is 1. The van der Waals surface area contributed by atoms with Crippen LogP contribution in [0, 0.1) is 13.8 Å². The minimum Gasteiger partial charge on any atom is -0.443 e. The predicted molar refractivity (Wildman–Crippen MR) is 34.7 cm³/mol. The Bertz CT molecular complexity index is 231. The van der Waals surface area contributed by atoms with Gasteiger partial charge >= 0.3 is 0 Å². The van der Waals surface area contributed by atoms with Crippen LogP contribution in [0.15, 0.2) is 4.42 Å². The van der Waals surface area contributed by atoms with E-state index < -0.39 is 0 Å². The van der Waals surface area contributed by atoms with Gasteiger partial charge in [0.05, 0.1) is 12.3 Å². The first-order valence-corrected chi connectivity index (χ1v) is 3.33. The Kier molecular flexibility index (Phi) is 1.08. The smallest absolute Gasteiger partial charge is 0.226 e. The normalized spacial score (nSPS) is 23.2. The first-order valence-electron chi connectivity index (χ1n) is 3.33. The van der Waals surface area contributed by atoms with Crippen LogP contribution >= 0.6 is 0 Å². The van der Waals surface area contributed by atoms with Crippen molar-refractivity contribution in [1.29, 1.82) is 0 Å². The van der Waals surface area contributed by atoms with E-state index in [9.17, 15) is 0 Å². The number of nitrogens with zero attached hydrogens (tertiary/aromatic N) is 1. The van der Waals surface area contributed by atoms with E-state index in [4.69, 9.17) is 9.15 Å². The number of hydrogen-bond donors (Lipinski definition) is 0. The molecule has 10 heavy (non-hydrogen) atoms. The summed E-state index contributed by atoms with van der Waals surface area (Å²) in [5, 5.41) is 0. The lowest BCUT2D eigenvalue weighted by atomic mass is 10.4. The van der Waals surface area contributed by atoms with Gasteiger partial charge in [-0.05, 0) is 13.8 Å². The highest BCUT2D eigenvalue weighted by molar-refractivity contribution is 5.08. The summed E-state index contributed by atoms with van der Waals surface area (Å²) in [6.45, 7) is 4.61. The molecule has 0 radical (unpaired) electrons. The quantitative estimate of drug-likeness (QED) is 0.551. The highest BCUT2D eigenvalue weighted by Crippen LogP contribution is 2.29. The average Bonchev–Trinajstić information content (AvgIpc) is 2.64.